The molecule has 0 radical (unpaired) electrons. The van der Waals surface area contributed by atoms with Crippen molar-refractivity contribution in [3.8, 4) is 0 Å². The number of halogens is 2. The van der Waals surface area contributed by atoms with Crippen LogP contribution in [0.25, 0.3) is 0 Å². The zero-order valence-electron chi connectivity index (χ0n) is 9.82. The largest absolute Gasteiger partial charge is 0.392 e. The molecule has 0 aliphatic carbocycles. The van der Waals surface area contributed by atoms with E-state index < -0.39 is 23.8 Å². The number of hydrogen-bond acceptors (Lipinski definition) is 3. The molecule has 0 amide bonds. The first-order chi connectivity index (χ1) is 7.91. The van der Waals surface area contributed by atoms with Crippen molar-refractivity contribution in [1.82, 2.24) is 5.32 Å². The molecule has 1 rings (SSSR count). The van der Waals surface area contributed by atoms with Crippen LogP contribution in [-0.4, -0.2) is 28.9 Å². The summed E-state index contributed by atoms with van der Waals surface area (Å²) in [7, 11) is 0. The van der Waals surface area contributed by atoms with Gasteiger partial charge in [-0.05, 0) is 31.5 Å². The SMILES string of the molecule is CC(O)CNC(C)C(O)c1ccc(F)c(F)c1. The topological polar surface area (TPSA) is 52.5 Å². The molecule has 96 valence electrons. The van der Waals surface area contributed by atoms with E-state index >= 15 is 0 Å². The Balaban J connectivity index is 2.67. The van der Waals surface area contributed by atoms with E-state index in [2.05, 4.69) is 5.32 Å². The van der Waals surface area contributed by atoms with Gasteiger partial charge in [0.2, 0.25) is 0 Å². The minimum atomic E-state index is -0.982. The van der Waals surface area contributed by atoms with Crippen LogP contribution in [0.5, 0.6) is 0 Å². The molecule has 0 heterocycles. The fourth-order valence-corrected chi connectivity index (χ4v) is 1.45. The highest BCUT2D eigenvalue weighted by molar-refractivity contribution is 5.21. The summed E-state index contributed by atoms with van der Waals surface area (Å²) in [6.07, 6.45) is -1.49. The Kier molecular flexibility index (Phi) is 4.99. The molecule has 3 unspecified atom stereocenters. The van der Waals surface area contributed by atoms with Crippen molar-refractivity contribution in [1.29, 1.82) is 0 Å². The van der Waals surface area contributed by atoms with Gasteiger partial charge < -0.3 is 15.5 Å². The Morgan fingerprint density at radius 2 is 1.82 bits per heavy atom. The van der Waals surface area contributed by atoms with Crippen molar-refractivity contribution in [3.63, 3.8) is 0 Å². The molecule has 3 nitrogen and oxygen atoms in total. The molecule has 0 aliphatic heterocycles. The summed E-state index contributed by atoms with van der Waals surface area (Å²) in [5.41, 5.74) is 0.300. The Bertz CT molecular complexity index is 372. The lowest BCUT2D eigenvalue weighted by Crippen LogP contribution is -2.36. The van der Waals surface area contributed by atoms with Crippen LogP contribution in [0.15, 0.2) is 18.2 Å². The third-order valence-corrected chi connectivity index (χ3v) is 2.49. The quantitative estimate of drug-likeness (QED) is 0.734. The van der Waals surface area contributed by atoms with Gasteiger partial charge in [0.15, 0.2) is 11.6 Å². The molecular formula is C12H17F2NO2. The summed E-state index contributed by atoms with van der Waals surface area (Å²) in [4.78, 5) is 0. The van der Waals surface area contributed by atoms with E-state index in [1.165, 1.54) is 6.07 Å². The van der Waals surface area contributed by atoms with E-state index in [0.29, 0.717) is 12.1 Å². The summed E-state index contributed by atoms with van der Waals surface area (Å²) in [5.74, 6) is -1.92. The standard InChI is InChI=1S/C12H17F2NO2/c1-7(16)6-15-8(2)12(17)9-3-4-10(13)11(14)5-9/h3-5,7-8,12,15-17H,6H2,1-2H3. The first kappa shape index (κ1) is 14.0. The molecule has 0 fully saturated rings. The third kappa shape index (κ3) is 4.03. The van der Waals surface area contributed by atoms with Crippen molar-refractivity contribution in [2.75, 3.05) is 6.54 Å². The van der Waals surface area contributed by atoms with Gasteiger partial charge in [-0.2, -0.15) is 0 Å². The number of hydrogen-bond donors (Lipinski definition) is 3. The third-order valence-electron chi connectivity index (χ3n) is 2.49. The molecule has 0 aliphatic rings. The highest BCUT2D eigenvalue weighted by Gasteiger charge is 2.17. The Hall–Kier alpha value is -1.04. The van der Waals surface area contributed by atoms with Crippen molar-refractivity contribution in [2.24, 2.45) is 0 Å². The molecule has 17 heavy (non-hydrogen) atoms. The number of rotatable bonds is 5. The van der Waals surface area contributed by atoms with Crippen molar-refractivity contribution >= 4 is 0 Å². The van der Waals surface area contributed by atoms with Crippen LogP contribution in [0.3, 0.4) is 0 Å². The molecule has 0 saturated carbocycles. The number of aliphatic hydroxyl groups excluding tert-OH is 2. The van der Waals surface area contributed by atoms with E-state index in [1.54, 1.807) is 13.8 Å². The van der Waals surface area contributed by atoms with Gasteiger partial charge in [0.25, 0.3) is 0 Å². The Morgan fingerprint density at radius 1 is 1.18 bits per heavy atom. The molecule has 3 N–H and O–H groups in total. The molecule has 1 aromatic rings. The predicted octanol–water partition coefficient (Wildman–Crippen LogP) is 1.36. The lowest BCUT2D eigenvalue weighted by molar-refractivity contribution is 0.120. The first-order valence-electron chi connectivity index (χ1n) is 5.46. The second-order valence-corrected chi connectivity index (χ2v) is 4.16. The van der Waals surface area contributed by atoms with Crippen molar-refractivity contribution in [3.05, 3.63) is 35.4 Å². The molecule has 3 atom stereocenters. The number of benzene rings is 1. The van der Waals surface area contributed by atoms with Gasteiger partial charge in [-0.3, -0.25) is 0 Å². The highest BCUT2D eigenvalue weighted by atomic mass is 19.2. The molecule has 0 bridgehead atoms. The van der Waals surface area contributed by atoms with Crippen LogP contribution < -0.4 is 5.32 Å². The van der Waals surface area contributed by atoms with E-state index in [0.717, 1.165) is 12.1 Å². The van der Waals surface area contributed by atoms with Gasteiger partial charge in [-0.1, -0.05) is 6.07 Å². The van der Waals surface area contributed by atoms with Gasteiger partial charge in [-0.15, -0.1) is 0 Å². The van der Waals surface area contributed by atoms with Crippen molar-refractivity contribution < 1.29 is 19.0 Å². The second kappa shape index (κ2) is 6.05. The van der Waals surface area contributed by atoms with Gasteiger partial charge in [-0.25, -0.2) is 8.78 Å². The summed E-state index contributed by atoms with van der Waals surface area (Å²) < 4.78 is 25.7. The van der Waals surface area contributed by atoms with Crippen LogP contribution in [0.2, 0.25) is 0 Å². The predicted molar refractivity (Wildman–Crippen MR) is 60.5 cm³/mol. The monoisotopic (exact) mass is 245 g/mol. The molecule has 5 heteroatoms. The van der Waals surface area contributed by atoms with Crippen LogP contribution in [0.4, 0.5) is 8.78 Å². The van der Waals surface area contributed by atoms with Gasteiger partial charge in [0.1, 0.15) is 0 Å². The fourth-order valence-electron chi connectivity index (χ4n) is 1.45. The van der Waals surface area contributed by atoms with Gasteiger partial charge in [0.05, 0.1) is 12.2 Å². The fraction of sp³-hybridized carbons (Fsp3) is 0.500. The second-order valence-electron chi connectivity index (χ2n) is 4.16. The van der Waals surface area contributed by atoms with Crippen LogP contribution >= 0.6 is 0 Å². The van der Waals surface area contributed by atoms with Crippen molar-refractivity contribution in [2.45, 2.75) is 32.1 Å². The van der Waals surface area contributed by atoms with Crippen LogP contribution in [0, 0.1) is 11.6 Å². The molecule has 0 aromatic heterocycles. The van der Waals surface area contributed by atoms with E-state index in [-0.39, 0.29) is 6.04 Å². The molecule has 1 aromatic carbocycles. The maximum absolute atomic E-state index is 13.0. The average molecular weight is 245 g/mol. The highest BCUT2D eigenvalue weighted by Crippen LogP contribution is 2.19. The molecule has 0 spiro atoms. The normalized spacial score (nSPS) is 16.6. The maximum atomic E-state index is 13.0. The first-order valence-corrected chi connectivity index (χ1v) is 5.46. The van der Waals surface area contributed by atoms with E-state index in [4.69, 9.17) is 5.11 Å². The van der Waals surface area contributed by atoms with Gasteiger partial charge in [0, 0.05) is 12.6 Å². The Labute approximate surface area is 99.1 Å². The number of aliphatic hydroxyl groups is 2. The zero-order valence-corrected chi connectivity index (χ0v) is 9.82. The van der Waals surface area contributed by atoms with Gasteiger partial charge >= 0.3 is 0 Å². The minimum Gasteiger partial charge on any atom is -0.392 e. The molecular weight excluding hydrogens is 228 g/mol. The summed E-state index contributed by atoms with van der Waals surface area (Å²) in [6, 6.07) is 2.92. The maximum Gasteiger partial charge on any atom is 0.159 e. The Morgan fingerprint density at radius 3 is 2.35 bits per heavy atom. The average Bonchev–Trinajstić information content (AvgIpc) is 2.28. The molecule has 0 saturated heterocycles. The summed E-state index contributed by atoms with van der Waals surface area (Å²) in [6.45, 7) is 3.64. The lowest BCUT2D eigenvalue weighted by atomic mass is 10.0. The summed E-state index contributed by atoms with van der Waals surface area (Å²) >= 11 is 0. The summed E-state index contributed by atoms with van der Waals surface area (Å²) in [5, 5.41) is 21.9. The zero-order chi connectivity index (χ0) is 13.0. The van der Waals surface area contributed by atoms with E-state index in [9.17, 15) is 13.9 Å². The minimum absolute atomic E-state index is 0.300. The van der Waals surface area contributed by atoms with E-state index in [1.807, 2.05) is 0 Å². The smallest absolute Gasteiger partial charge is 0.159 e. The van der Waals surface area contributed by atoms with Crippen LogP contribution in [0.1, 0.15) is 25.5 Å². The number of nitrogens with one attached hydrogen (secondary N) is 1. The van der Waals surface area contributed by atoms with Crippen LogP contribution in [-0.2, 0) is 0 Å². The lowest BCUT2D eigenvalue weighted by Gasteiger charge is -2.21.